The van der Waals surface area contributed by atoms with Crippen molar-refractivity contribution in [3.8, 4) is 0 Å². The predicted octanol–water partition coefficient (Wildman–Crippen LogP) is 3.09. The first-order chi connectivity index (χ1) is 5.57. The lowest BCUT2D eigenvalue weighted by molar-refractivity contribution is 0.0640. The van der Waals surface area contributed by atoms with Gasteiger partial charge in [-0.05, 0) is 18.8 Å². The molecular weight excluding hydrogens is 218 g/mol. The summed E-state index contributed by atoms with van der Waals surface area (Å²) in [4.78, 5) is 0. The van der Waals surface area contributed by atoms with E-state index in [2.05, 4.69) is 6.08 Å². The Morgan fingerprint density at radius 3 is 2.67 bits per heavy atom. The third-order valence-corrected chi connectivity index (χ3v) is 3.04. The average Bonchev–Trinajstić information content (AvgIpc) is 2.25. The molecule has 4 heteroatoms. The molecule has 1 heterocycles. The first-order valence-corrected chi connectivity index (χ1v) is 5.09. The van der Waals surface area contributed by atoms with Gasteiger partial charge in [-0.2, -0.15) is 0 Å². The summed E-state index contributed by atoms with van der Waals surface area (Å²) in [5, 5.41) is 0. The Hall–Kier alpha value is 0.570. The Balaban J connectivity index is 2.13. The van der Waals surface area contributed by atoms with Crippen LogP contribution >= 0.6 is 34.8 Å². The van der Waals surface area contributed by atoms with Crippen LogP contribution in [0, 0.1) is 5.92 Å². The van der Waals surface area contributed by atoms with Crippen molar-refractivity contribution in [3.63, 3.8) is 0 Å². The second kappa shape index (κ2) is 3.06. The molecule has 0 unspecified atom stereocenters. The van der Waals surface area contributed by atoms with E-state index >= 15 is 0 Å². The number of fused-ring (bicyclic) bond motifs is 2. The van der Waals surface area contributed by atoms with Crippen LogP contribution in [0.25, 0.3) is 0 Å². The zero-order valence-corrected chi connectivity index (χ0v) is 8.61. The van der Waals surface area contributed by atoms with Crippen LogP contribution in [0.15, 0.2) is 12.2 Å². The molecule has 2 aliphatic rings. The first-order valence-electron chi connectivity index (χ1n) is 3.96. The van der Waals surface area contributed by atoms with Crippen molar-refractivity contribution in [2.75, 3.05) is 0 Å². The summed E-state index contributed by atoms with van der Waals surface area (Å²) in [5.41, 5.74) is 0. The van der Waals surface area contributed by atoms with Gasteiger partial charge in [-0.15, -0.1) is 0 Å². The summed E-state index contributed by atoms with van der Waals surface area (Å²) >= 11 is 17.4. The van der Waals surface area contributed by atoms with Crippen molar-refractivity contribution >= 4 is 34.8 Å². The van der Waals surface area contributed by atoms with Gasteiger partial charge in [0, 0.05) is 0 Å². The minimum atomic E-state index is -1.27. The molecule has 0 radical (unpaired) electrons. The minimum Gasteiger partial charge on any atom is -0.366 e. The van der Waals surface area contributed by atoms with E-state index in [1.165, 1.54) is 0 Å². The van der Waals surface area contributed by atoms with Crippen molar-refractivity contribution in [2.24, 2.45) is 5.92 Å². The number of hydrogen-bond acceptors (Lipinski definition) is 1. The van der Waals surface area contributed by atoms with Gasteiger partial charge in [-0.3, -0.25) is 0 Å². The van der Waals surface area contributed by atoms with Gasteiger partial charge in [-0.25, -0.2) is 0 Å². The highest BCUT2D eigenvalue weighted by Crippen LogP contribution is 2.45. The topological polar surface area (TPSA) is 9.23 Å². The van der Waals surface area contributed by atoms with Crippen LogP contribution in [-0.4, -0.2) is 16.0 Å². The summed E-state index contributed by atoms with van der Waals surface area (Å²) in [7, 11) is 0. The molecule has 0 amide bonds. The third kappa shape index (κ3) is 1.60. The van der Waals surface area contributed by atoms with Crippen LogP contribution in [0.3, 0.4) is 0 Å². The zero-order valence-electron chi connectivity index (χ0n) is 6.34. The van der Waals surface area contributed by atoms with Gasteiger partial charge in [0.1, 0.15) is 6.10 Å². The fourth-order valence-corrected chi connectivity index (χ4v) is 2.56. The zero-order chi connectivity index (χ0) is 8.77. The summed E-state index contributed by atoms with van der Waals surface area (Å²) in [6.07, 6.45) is 6.05. The SMILES string of the molecule is ClC(Cl)(Cl)[C@H]1O[C@H]2C=CC[C@@H]1C2. The highest BCUT2D eigenvalue weighted by molar-refractivity contribution is 6.68. The molecule has 2 rings (SSSR count). The Morgan fingerprint density at radius 2 is 2.08 bits per heavy atom. The first kappa shape index (κ1) is 9.14. The van der Waals surface area contributed by atoms with E-state index in [4.69, 9.17) is 39.5 Å². The van der Waals surface area contributed by atoms with E-state index in [1.54, 1.807) is 0 Å². The van der Waals surface area contributed by atoms with E-state index in [-0.39, 0.29) is 12.2 Å². The molecule has 1 aliphatic carbocycles. The lowest BCUT2D eigenvalue weighted by Crippen LogP contribution is -2.30. The van der Waals surface area contributed by atoms with Gasteiger partial charge in [-0.1, -0.05) is 47.0 Å². The van der Waals surface area contributed by atoms with E-state index in [9.17, 15) is 0 Å². The molecule has 1 saturated heterocycles. The van der Waals surface area contributed by atoms with Crippen molar-refractivity contribution < 1.29 is 4.74 Å². The Bertz CT molecular complexity index is 209. The molecule has 3 atom stereocenters. The van der Waals surface area contributed by atoms with Crippen LogP contribution in [0.4, 0.5) is 0 Å². The van der Waals surface area contributed by atoms with Crippen LogP contribution in [0.2, 0.25) is 0 Å². The number of halogens is 3. The van der Waals surface area contributed by atoms with Crippen molar-refractivity contribution in [1.29, 1.82) is 0 Å². The molecule has 1 nitrogen and oxygen atoms in total. The van der Waals surface area contributed by atoms with Crippen LogP contribution < -0.4 is 0 Å². The van der Waals surface area contributed by atoms with Gasteiger partial charge in [0.05, 0.1) is 6.10 Å². The van der Waals surface area contributed by atoms with Crippen LogP contribution in [-0.2, 0) is 4.74 Å². The molecule has 0 spiro atoms. The summed E-state index contributed by atoms with van der Waals surface area (Å²) in [6.45, 7) is 0. The maximum atomic E-state index is 5.78. The lowest BCUT2D eigenvalue weighted by Gasteiger charge is -2.23. The average molecular weight is 228 g/mol. The maximum absolute atomic E-state index is 5.78. The molecule has 0 N–H and O–H groups in total. The minimum absolute atomic E-state index is 0.171. The van der Waals surface area contributed by atoms with E-state index < -0.39 is 3.79 Å². The standard InChI is InChI=1S/C8H9Cl3O/c9-8(10,11)7-5-2-1-3-6(4-5)12-7/h1,3,5-7H,2,4H2/t5-,6+,7+/m1/s1. The molecular formula is C8H9Cl3O. The second-order valence-corrected chi connectivity index (χ2v) is 5.67. The largest absolute Gasteiger partial charge is 0.366 e. The van der Waals surface area contributed by atoms with Crippen molar-refractivity contribution in [3.05, 3.63) is 12.2 Å². The smallest absolute Gasteiger partial charge is 0.216 e. The highest BCUT2D eigenvalue weighted by atomic mass is 35.6. The molecule has 0 aromatic rings. The fraction of sp³-hybridized carbons (Fsp3) is 0.750. The summed E-state index contributed by atoms with van der Waals surface area (Å²) in [6, 6.07) is 0. The third-order valence-electron chi connectivity index (χ3n) is 2.40. The van der Waals surface area contributed by atoms with Gasteiger partial charge in [0.25, 0.3) is 0 Å². The molecule has 68 valence electrons. The van der Waals surface area contributed by atoms with E-state index in [0.717, 1.165) is 12.8 Å². The van der Waals surface area contributed by atoms with Crippen molar-refractivity contribution in [1.82, 2.24) is 0 Å². The number of allylic oxidation sites excluding steroid dienone is 1. The molecule has 2 bridgehead atoms. The maximum Gasteiger partial charge on any atom is 0.216 e. The number of rotatable bonds is 0. The Morgan fingerprint density at radius 1 is 1.33 bits per heavy atom. The predicted molar refractivity (Wildman–Crippen MR) is 50.8 cm³/mol. The van der Waals surface area contributed by atoms with Crippen LogP contribution in [0.5, 0.6) is 0 Å². The van der Waals surface area contributed by atoms with E-state index in [1.807, 2.05) is 6.08 Å². The molecule has 0 aromatic carbocycles. The summed E-state index contributed by atoms with van der Waals surface area (Å²) in [5.74, 6) is 0.382. The Kier molecular flexibility index (Phi) is 2.33. The number of alkyl halides is 3. The van der Waals surface area contributed by atoms with Crippen LogP contribution in [0.1, 0.15) is 12.8 Å². The van der Waals surface area contributed by atoms with Gasteiger partial charge < -0.3 is 4.74 Å². The van der Waals surface area contributed by atoms with E-state index in [0.29, 0.717) is 5.92 Å². The quantitative estimate of drug-likeness (QED) is 0.456. The fourth-order valence-electron chi connectivity index (χ4n) is 1.87. The number of hydrogen-bond donors (Lipinski definition) is 0. The van der Waals surface area contributed by atoms with Gasteiger partial charge >= 0.3 is 0 Å². The second-order valence-electron chi connectivity index (χ2n) is 3.30. The van der Waals surface area contributed by atoms with Gasteiger partial charge in [0.15, 0.2) is 0 Å². The molecule has 12 heavy (non-hydrogen) atoms. The van der Waals surface area contributed by atoms with Gasteiger partial charge in [0.2, 0.25) is 3.79 Å². The molecule has 0 aromatic heterocycles. The lowest BCUT2D eigenvalue weighted by atomic mass is 9.92. The molecule has 1 fully saturated rings. The highest BCUT2D eigenvalue weighted by Gasteiger charge is 2.46. The monoisotopic (exact) mass is 226 g/mol. The Labute approximate surface area is 86.6 Å². The molecule has 1 aliphatic heterocycles. The number of ether oxygens (including phenoxy) is 1. The van der Waals surface area contributed by atoms with Crippen molar-refractivity contribution in [2.45, 2.75) is 28.8 Å². The normalized spacial score (nSPS) is 40.4. The summed E-state index contributed by atoms with van der Waals surface area (Å²) < 4.78 is 4.29. The molecule has 0 saturated carbocycles.